The van der Waals surface area contributed by atoms with Gasteiger partial charge in [0.2, 0.25) is 0 Å². The highest BCUT2D eigenvalue weighted by atomic mass is 14.8. The first-order valence-electron chi connectivity index (χ1n) is 18.1. The highest BCUT2D eigenvalue weighted by Crippen LogP contribution is 2.44. The van der Waals surface area contributed by atoms with E-state index in [1.165, 1.54) is 5.56 Å². The van der Waals surface area contributed by atoms with Crippen molar-refractivity contribution in [3.63, 3.8) is 0 Å². The number of hydrogen-bond acceptors (Lipinski definition) is 4. The van der Waals surface area contributed by atoms with E-state index in [0.717, 1.165) is 94.4 Å². The molecule has 0 N–H and O–H groups in total. The van der Waals surface area contributed by atoms with Crippen molar-refractivity contribution in [3.8, 4) is 67.4 Å². The topological polar surface area (TPSA) is 51.6 Å². The average molecular weight is 689 g/mol. The summed E-state index contributed by atoms with van der Waals surface area (Å²) < 4.78 is 0. The number of hydrogen-bond donors (Lipinski definition) is 0. The third kappa shape index (κ3) is 5.49. The molecule has 0 unspecified atom stereocenters. The van der Waals surface area contributed by atoms with Crippen molar-refractivity contribution in [3.05, 3.63) is 194 Å². The molecule has 4 heteroatoms. The van der Waals surface area contributed by atoms with Gasteiger partial charge in [-0.2, -0.15) is 0 Å². The number of benzene rings is 8. The van der Waals surface area contributed by atoms with Crippen molar-refractivity contribution < 1.29 is 0 Å². The largest absolute Gasteiger partial charge is 0.252 e. The summed E-state index contributed by atoms with van der Waals surface area (Å²) in [5, 5.41) is 4.57. The van der Waals surface area contributed by atoms with Crippen molar-refractivity contribution >= 4 is 32.6 Å². The lowest BCUT2D eigenvalue weighted by Crippen LogP contribution is -1.98. The number of rotatable bonds is 6. The molecular formula is C50H32N4. The minimum Gasteiger partial charge on any atom is -0.252 e. The fraction of sp³-hybridized carbons (Fsp3) is 0. The van der Waals surface area contributed by atoms with Crippen LogP contribution in [0.2, 0.25) is 0 Å². The molecule has 0 bridgehead atoms. The van der Waals surface area contributed by atoms with E-state index in [0.29, 0.717) is 0 Å². The SMILES string of the molecule is c1ccc(-c2ncc(-c3c4ccccc4c(-c4ccc(-c5nc6ccccc6nc5-c5ccccc5)cc4)c4ccccc34)nc2-c2ccccc2)cc1. The Bertz CT molecular complexity index is 2900. The molecule has 0 aliphatic rings. The van der Waals surface area contributed by atoms with E-state index in [1.54, 1.807) is 0 Å². The van der Waals surface area contributed by atoms with E-state index < -0.39 is 0 Å². The first-order chi connectivity index (χ1) is 26.8. The van der Waals surface area contributed by atoms with Crippen LogP contribution in [-0.2, 0) is 0 Å². The quantitative estimate of drug-likeness (QED) is 0.163. The molecule has 2 aromatic heterocycles. The van der Waals surface area contributed by atoms with Crippen LogP contribution >= 0.6 is 0 Å². The standard InChI is InChI=1S/C50H32N4/c1-4-16-34(17-5-1)47-48(35-18-6-2-7-19-35)54-44(32-51-47)46-40-24-12-10-22-38(40)45(39-23-11-13-25-41(39)46)33-28-30-37(31-29-33)50-49(36-20-8-3-9-21-36)52-42-26-14-15-27-43(42)53-50/h1-32H. The summed E-state index contributed by atoms with van der Waals surface area (Å²) in [6, 6.07) is 65.2. The van der Waals surface area contributed by atoms with Gasteiger partial charge < -0.3 is 0 Å². The van der Waals surface area contributed by atoms with Crippen molar-refractivity contribution in [2.75, 3.05) is 0 Å². The van der Waals surface area contributed by atoms with Gasteiger partial charge in [0.15, 0.2) is 0 Å². The molecule has 0 atom stereocenters. The lowest BCUT2D eigenvalue weighted by Gasteiger charge is -2.18. The van der Waals surface area contributed by atoms with E-state index >= 15 is 0 Å². The Morgan fingerprint density at radius 2 is 0.611 bits per heavy atom. The van der Waals surface area contributed by atoms with Gasteiger partial charge in [0.05, 0.1) is 45.7 Å². The third-order valence-corrected chi connectivity index (χ3v) is 10.1. The molecule has 0 fully saturated rings. The molecular weight excluding hydrogens is 657 g/mol. The molecule has 0 radical (unpaired) electrons. The Morgan fingerprint density at radius 3 is 1.09 bits per heavy atom. The Balaban J connectivity index is 1.16. The highest BCUT2D eigenvalue weighted by molar-refractivity contribution is 6.21. The van der Waals surface area contributed by atoms with Crippen LogP contribution in [-0.4, -0.2) is 19.9 Å². The Morgan fingerprint density at radius 1 is 0.259 bits per heavy atom. The Hall–Kier alpha value is -7.30. The van der Waals surface area contributed by atoms with Gasteiger partial charge in [-0.1, -0.05) is 176 Å². The predicted molar refractivity (Wildman–Crippen MR) is 223 cm³/mol. The van der Waals surface area contributed by atoms with Crippen molar-refractivity contribution in [2.24, 2.45) is 0 Å². The summed E-state index contributed by atoms with van der Waals surface area (Å²) in [6.07, 6.45) is 1.94. The molecule has 0 spiro atoms. The van der Waals surface area contributed by atoms with Crippen LogP contribution < -0.4 is 0 Å². The molecule has 0 saturated carbocycles. The minimum absolute atomic E-state index is 0.839. The molecule has 2 heterocycles. The maximum absolute atomic E-state index is 5.42. The molecule has 0 aliphatic heterocycles. The number of fused-ring (bicyclic) bond motifs is 3. The van der Waals surface area contributed by atoms with Gasteiger partial charge in [0, 0.05) is 27.8 Å². The normalized spacial score (nSPS) is 11.3. The average Bonchev–Trinajstić information content (AvgIpc) is 3.26. The molecule has 4 nitrogen and oxygen atoms in total. The van der Waals surface area contributed by atoms with Crippen LogP contribution in [0.3, 0.4) is 0 Å². The molecule has 54 heavy (non-hydrogen) atoms. The van der Waals surface area contributed by atoms with Crippen LogP contribution in [0.25, 0.3) is 100.0 Å². The Kier molecular flexibility index (Phi) is 7.77. The number of aromatic nitrogens is 4. The van der Waals surface area contributed by atoms with E-state index in [2.05, 4.69) is 121 Å². The second kappa shape index (κ2) is 13.4. The maximum atomic E-state index is 5.42. The fourth-order valence-electron chi connectivity index (χ4n) is 7.62. The van der Waals surface area contributed by atoms with E-state index in [4.69, 9.17) is 19.9 Å². The smallest absolute Gasteiger partial charge is 0.0973 e. The summed E-state index contributed by atoms with van der Waals surface area (Å²) >= 11 is 0. The zero-order chi connectivity index (χ0) is 35.8. The minimum atomic E-state index is 0.839. The summed E-state index contributed by atoms with van der Waals surface area (Å²) in [6.45, 7) is 0. The van der Waals surface area contributed by atoms with Crippen LogP contribution in [0.4, 0.5) is 0 Å². The van der Waals surface area contributed by atoms with Gasteiger partial charge in [-0.3, -0.25) is 4.98 Å². The maximum Gasteiger partial charge on any atom is 0.0973 e. The highest BCUT2D eigenvalue weighted by Gasteiger charge is 2.20. The first kappa shape index (κ1) is 31.4. The second-order valence-corrected chi connectivity index (χ2v) is 13.4. The van der Waals surface area contributed by atoms with Crippen LogP contribution in [0.5, 0.6) is 0 Å². The lowest BCUT2D eigenvalue weighted by atomic mass is 9.87. The number of nitrogens with zero attached hydrogens (tertiary/aromatic N) is 4. The predicted octanol–water partition coefficient (Wildman–Crippen LogP) is 12.7. The van der Waals surface area contributed by atoms with Crippen molar-refractivity contribution in [2.45, 2.75) is 0 Å². The molecule has 10 aromatic rings. The molecule has 0 aliphatic carbocycles. The van der Waals surface area contributed by atoms with Crippen molar-refractivity contribution in [1.29, 1.82) is 0 Å². The monoisotopic (exact) mass is 688 g/mol. The van der Waals surface area contributed by atoms with Gasteiger partial charge in [-0.15, -0.1) is 0 Å². The molecule has 0 saturated heterocycles. The van der Waals surface area contributed by atoms with Crippen LogP contribution in [0.1, 0.15) is 0 Å². The molecule has 252 valence electrons. The summed E-state index contributed by atoms with van der Waals surface area (Å²) in [4.78, 5) is 20.8. The van der Waals surface area contributed by atoms with Gasteiger partial charge in [-0.05, 0) is 44.8 Å². The molecule has 10 rings (SSSR count). The van der Waals surface area contributed by atoms with E-state index in [-0.39, 0.29) is 0 Å². The first-order valence-corrected chi connectivity index (χ1v) is 18.1. The van der Waals surface area contributed by atoms with E-state index in [1.807, 2.05) is 72.9 Å². The molecule has 8 aromatic carbocycles. The summed E-state index contributed by atoms with van der Waals surface area (Å²) in [5.41, 5.74) is 13.6. The third-order valence-electron chi connectivity index (χ3n) is 10.1. The van der Waals surface area contributed by atoms with Gasteiger partial charge in [0.25, 0.3) is 0 Å². The van der Waals surface area contributed by atoms with E-state index in [9.17, 15) is 0 Å². The second-order valence-electron chi connectivity index (χ2n) is 13.4. The van der Waals surface area contributed by atoms with Crippen LogP contribution in [0, 0.1) is 0 Å². The lowest BCUT2D eigenvalue weighted by molar-refractivity contribution is 1.22. The summed E-state index contributed by atoms with van der Waals surface area (Å²) in [5.74, 6) is 0. The van der Waals surface area contributed by atoms with Crippen molar-refractivity contribution in [1.82, 2.24) is 19.9 Å². The molecule has 0 amide bonds. The van der Waals surface area contributed by atoms with Gasteiger partial charge >= 0.3 is 0 Å². The zero-order valence-corrected chi connectivity index (χ0v) is 29.3. The summed E-state index contributed by atoms with van der Waals surface area (Å²) in [7, 11) is 0. The van der Waals surface area contributed by atoms with Crippen LogP contribution in [0.15, 0.2) is 194 Å². The fourth-order valence-corrected chi connectivity index (χ4v) is 7.62. The zero-order valence-electron chi connectivity index (χ0n) is 29.3. The van der Waals surface area contributed by atoms with Gasteiger partial charge in [0.1, 0.15) is 0 Å². The number of para-hydroxylation sites is 2. The Labute approximate surface area is 313 Å². The van der Waals surface area contributed by atoms with Gasteiger partial charge in [-0.25, -0.2) is 15.0 Å².